The van der Waals surface area contributed by atoms with Gasteiger partial charge in [-0.3, -0.25) is 9.59 Å². The van der Waals surface area contributed by atoms with Gasteiger partial charge in [0.1, 0.15) is 0 Å². The van der Waals surface area contributed by atoms with E-state index in [0.717, 1.165) is 8.47 Å². The summed E-state index contributed by atoms with van der Waals surface area (Å²) >= 11 is 2.02. The molecule has 0 aliphatic carbocycles. The number of halogens is 1. The quantitative estimate of drug-likeness (QED) is 0.446. The number of fused-ring (bicyclic) bond motifs is 1. The second-order valence-corrected chi connectivity index (χ2v) is 5.79. The van der Waals surface area contributed by atoms with Gasteiger partial charge in [0.05, 0.1) is 16.7 Å². The first kappa shape index (κ1) is 14.7. The molecule has 0 saturated carbocycles. The van der Waals surface area contributed by atoms with E-state index in [1.807, 2.05) is 28.7 Å². The fraction of sp³-hybridized carbons (Fsp3) is 0.0625. The van der Waals surface area contributed by atoms with Gasteiger partial charge in [-0.1, -0.05) is 24.3 Å². The number of imide groups is 1. The minimum atomic E-state index is -0.568. The maximum absolute atomic E-state index is 12.1. The average Bonchev–Trinajstić information content (AvgIpc) is 2.77. The van der Waals surface area contributed by atoms with Crippen LogP contribution in [0, 0.1) is 3.57 Å². The van der Waals surface area contributed by atoms with Crippen molar-refractivity contribution < 1.29 is 19.1 Å². The minimum absolute atomic E-state index is 0.331. The number of carbonyl (C=O) groups excluding carboxylic acids is 3. The van der Waals surface area contributed by atoms with E-state index in [4.69, 9.17) is 4.74 Å². The van der Waals surface area contributed by atoms with Crippen LogP contribution >= 0.6 is 22.6 Å². The van der Waals surface area contributed by atoms with Crippen LogP contribution in [0.1, 0.15) is 31.1 Å². The molecule has 0 spiro atoms. The molecule has 0 unspecified atom stereocenters. The fourth-order valence-electron chi connectivity index (χ4n) is 2.18. The van der Waals surface area contributed by atoms with Crippen LogP contribution in [-0.4, -0.2) is 29.4 Å². The molecule has 2 aromatic rings. The largest absolute Gasteiger partial charge is 0.440 e. The van der Waals surface area contributed by atoms with Crippen molar-refractivity contribution >= 4 is 40.4 Å². The molecule has 1 aliphatic rings. The third-order valence-electron chi connectivity index (χ3n) is 3.30. The zero-order valence-electron chi connectivity index (χ0n) is 11.3. The minimum Gasteiger partial charge on any atom is -0.440 e. The van der Waals surface area contributed by atoms with E-state index in [2.05, 4.69) is 0 Å². The molecule has 6 heteroatoms. The molecule has 0 atom stereocenters. The highest BCUT2D eigenvalue weighted by atomic mass is 127. The van der Waals surface area contributed by atoms with E-state index in [0.29, 0.717) is 16.7 Å². The van der Waals surface area contributed by atoms with Crippen molar-refractivity contribution in [3.05, 3.63) is 68.8 Å². The Labute approximate surface area is 140 Å². The van der Waals surface area contributed by atoms with Gasteiger partial charge in [-0.05, 0) is 46.9 Å². The Bertz CT molecular complexity index is 752. The van der Waals surface area contributed by atoms with Gasteiger partial charge in [0, 0.05) is 3.57 Å². The van der Waals surface area contributed by atoms with Crippen molar-refractivity contribution in [2.24, 2.45) is 0 Å². The first-order valence-electron chi connectivity index (χ1n) is 6.46. The zero-order valence-corrected chi connectivity index (χ0v) is 13.4. The van der Waals surface area contributed by atoms with Gasteiger partial charge in [-0.15, -0.1) is 0 Å². The van der Waals surface area contributed by atoms with Gasteiger partial charge >= 0.3 is 5.97 Å². The monoisotopic (exact) mass is 407 g/mol. The lowest BCUT2D eigenvalue weighted by Gasteiger charge is -2.14. The summed E-state index contributed by atoms with van der Waals surface area (Å²) in [5.74, 6) is -1.46. The molecule has 0 aromatic heterocycles. The van der Waals surface area contributed by atoms with Crippen molar-refractivity contribution in [1.29, 1.82) is 0 Å². The molecule has 0 fully saturated rings. The Morgan fingerprint density at radius 1 is 0.955 bits per heavy atom. The topological polar surface area (TPSA) is 63.7 Å². The van der Waals surface area contributed by atoms with Crippen LogP contribution in [0.15, 0.2) is 48.5 Å². The van der Waals surface area contributed by atoms with Crippen LogP contribution < -0.4 is 0 Å². The molecule has 3 rings (SSSR count). The van der Waals surface area contributed by atoms with Crippen molar-refractivity contribution in [3.63, 3.8) is 0 Å². The van der Waals surface area contributed by atoms with Gasteiger partial charge in [0.25, 0.3) is 11.8 Å². The summed E-state index contributed by atoms with van der Waals surface area (Å²) in [5, 5.41) is 0. The van der Waals surface area contributed by atoms with Crippen molar-refractivity contribution in [2.75, 3.05) is 6.73 Å². The molecule has 1 heterocycles. The summed E-state index contributed by atoms with van der Waals surface area (Å²) < 4.78 is 5.85. The van der Waals surface area contributed by atoms with Crippen molar-refractivity contribution in [3.8, 4) is 0 Å². The lowest BCUT2D eigenvalue weighted by atomic mass is 10.1. The number of nitrogens with zero attached hydrogens (tertiary/aromatic N) is 1. The molecule has 0 N–H and O–H groups in total. The first-order valence-corrected chi connectivity index (χ1v) is 7.54. The molecule has 22 heavy (non-hydrogen) atoms. The summed E-state index contributed by atoms with van der Waals surface area (Å²) in [6, 6.07) is 13.5. The highest BCUT2D eigenvalue weighted by Gasteiger charge is 2.35. The Kier molecular flexibility index (Phi) is 3.93. The molecule has 0 bridgehead atoms. The highest BCUT2D eigenvalue weighted by Crippen LogP contribution is 2.22. The van der Waals surface area contributed by atoms with Gasteiger partial charge in [-0.25, -0.2) is 9.69 Å². The maximum atomic E-state index is 12.1. The van der Waals surface area contributed by atoms with Gasteiger partial charge in [-0.2, -0.15) is 0 Å². The lowest BCUT2D eigenvalue weighted by molar-refractivity contribution is 0.0227. The molecule has 110 valence electrons. The fourth-order valence-corrected chi connectivity index (χ4v) is 2.79. The summed E-state index contributed by atoms with van der Waals surface area (Å²) in [7, 11) is 0. The number of benzene rings is 2. The number of rotatable bonds is 3. The van der Waals surface area contributed by atoms with Crippen molar-refractivity contribution in [2.45, 2.75) is 0 Å². The molecule has 5 nitrogen and oxygen atoms in total. The standard InChI is InChI=1S/C16H10INO4/c17-13-8-4-3-7-12(13)16(21)22-9-18-14(19)10-5-1-2-6-11(10)15(18)20/h1-8H,9H2. The Hall–Kier alpha value is -2.22. The summed E-state index contributed by atoms with van der Waals surface area (Å²) in [5.41, 5.74) is 1.07. The Morgan fingerprint density at radius 3 is 2.09 bits per heavy atom. The zero-order chi connectivity index (χ0) is 15.7. The van der Waals surface area contributed by atoms with Crippen LogP contribution in [0.5, 0.6) is 0 Å². The molecule has 0 radical (unpaired) electrons. The number of carbonyl (C=O) groups is 3. The lowest BCUT2D eigenvalue weighted by Crippen LogP contribution is -2.33. The van der Waals surface area contributed by atoms with Crippen LogP contribution in [0.25, 0.3) is 0 Å². The predicted molar refractivity (Wildman–Crippen MR) is 86.4 cm³/mol. The molecule has 2 amide bonds. The SMILES string of the molecule is O=C(OCN1C(=O)c2ccccc2C1=O)c1ccccc1I. The third-order valence-corrected chi connectivity index (χ3v) is 4.24. The second-order valence-electron chi connectivity index (χ2n) is 4.62. The normalized spacial score (nSPS) is 13.2. The number of ether oxygens (including phenoxy) is 1. The molecular weight excluding hydrogens is 397 g/mol. The smallest absolute Gasteiger partial charge is 0.340 e. The molecule has 1 aliphatic heterocycles. The van der Waals surface area contributed by atoms with E-state index < -0.39 is 24.5 Å². The van der Waals surface area contributed by atoms with E-state index >= 15 is 0 Å². The van der Waals surface area contributed by atoms with Gasteiger partial charge < -0.3 is 4.74 Å². The van der Waals surface area contributed by atoms with E-state index in [9.17, 15) is 14.4 Å². The first-order chi connectivity index (χ1) is 10.6. The van der Waals surface area contributed by atoms with E-state index in [1.54, 1.807) is 42.5 Å². The van der Waals surface area contributed by atoms with Crippen LogP contribution in [0.3, 0.4) is 0 Å². The van der Waals surface area contributed by atoms with E-state index in [-0.39, 0.29) is 0 Å². The van der Waals surface area contributed by atoms with E-state index in [1.165, 1.54) is 0 Å². The number of hydrogen-bond donors (Lipinski definition) is 0. The van der Waals surface area contributed by atoms with Crippen LogP contribution in [0.2, 0.25) is 0 Å². The molecule has 0 saturated heterocycles. The maximum Gasteiger partial charge on any atom is 0.340 e. The van der Waals surface area contributed by atoms with Gasteiger partial charge in [0.15, 0.2) is 6.73 Å². The summed E-state index contributed by atoms with van der Waals surface area (Å²) in [6.45, 7) is -0.393. The van der Waals surface area contributed by atoms with Crippen molar-refractivity contribution in [1.82, 2.24) is 4.90 Å². The summed E-state index contributed by atoms with van der Waals surface area (Å²) in [4.78, 5) is 37.2. The van der Waals surface area contributed by atoms with Crippen LogP contribution in [0.4, 0.5) is 0 Å². The second kappa shape index (κ2) is 5.88. The summed E-state index contributed by atoms with van der Waals surface area (Å²) in [6.07, 6.45) is 0. The Morgan fingerprint density at radius 2 is 1.50 bits per heavy atom. The Balaban J connectivity index is 1.73. The van der Waals surface area contributed by atoms with Gasteiger partial charge in [0.2, 0.25) is 0 Å². The molecule has 2 aromatic carbocycles. The average molecular weight is 407 g/mol. The number of amides is 2. The predicted octanol–water partition coefficient (Wildman–Crippen LogP) is 2.70. The number of hydrogen-bond acceptors (Lipinski definition) is 4. The third kappa shape index (κ3) is 2.50. The van der Waals surface area contributed by atoms with Crippen LogP contribution in [-0.2, 0) is 4.74 Å². The number of esters is 1. The molecular formula is C16H10INO4. The highest BCUT2D eigenvalue weighted by molar-refractivity contribution is 14.1.